The van der Waals surface area contributed by atoms with Gasteiger partial charge in [-0.2, -0.15) is 0 Å². The van der Waals surface area contributed by atoms with Gasteiger partial charge in [-0.15, -0.1) is 0 Å². The molecule has 0 fully saturated rings. The second-order valence-electron chi connectivity index (χ2n) is 3.22. The molecule has 0 saturated heterocycles. The molecule has 1 aliphatic carbocycles. The number of aliphatic hydroxyl groups excluding tert-OH is 1. The molecule has 2 atom stereocenters. The van der Waals surface area contributed by atoms with E-state index in [1.807, 2.05) is 12.2 Å². The average molecular weight is 152 g/mol. The normalized spacial score (nSPS) is 22.5. The van der Waals surface area contributed by atoms with E-state index in [0.717, 1.165) is 6.42 Å². The summed E-state index contributed by atoms with van der Waals surface area (Å²) in [5.41, 5.74) is 0. The monoisotopic (exact) mass is 152 g/mol. The second-order valence-corrected chi connectivity index (χ2v) is 3.22. The molecule has 0 aromatic rings. The first-order valence-electron chi connectivity index (χ1n) is 4.28. The lowest BCUT2D eigenvalue weighted by Crippen LogP contribution is -2.23. The Bertz CT molecular complexity index is 158. The Kier molecular flexibility index (Phi) is 2.89. The van der Waals surface area contributed by atoms with Gasteiger partial charge in [-0.25, -0.2) is 0 Å². The van der Waals surface area contributed by atoms with E-state index in [9.17, 15) is 5.11 Å². The van der Waals surface area contributed by atoms with Crippen LogP contribution in [0.25, 0.3) is 0 Å². The molecule has 0 aromatic carbocycles. The Morgan fingerprint density at radius 2 is 1.91 bits per heavy atom. The van der Waals surface area contributed by atoms with Crippen LogP contribution in [0.4, 0.5) is 0 Å². The van der Waals surface area contributed by atoms with Crippen LogP contribution in [-0.4, -0.2) is 11.2 Å². The lowest BCUT2D eigenvalue weighted by Gasteiger charge is -2.20. The summed E-state index contributed by atoms with van der Waals surface area (Å²) in [6.45, 7) is 4.20. The molecule has 1 aliphatic rings. The van der Waals surface area contributed by atoms with Gasteiger partial charge in [-0.1, -0.05) is 44.6 Å². The maximum atomic E-state index is 9.71. The molecule has 1 N–H and O–H groups in total. The lowest BCUT2D eigenvalue weighted by molar-refractivity contribution is 0.0916. The van der Waals surface area contributed by atoms with E-state index >= 15 is 0 Å². The third kappa shape index (κ3) is 1.93. The highest BCUT2D eigenvalue weighted by Crippen LogP contribution is 2.21. The highest BCUT2D eigenvalue weighted by atomic mass is 16.3. The van der Waals surface area contributed by atoms with Crippen LogP contribution in [-0.2, 0) is 0 Å². The summed E-state index contributed by atoms with van der Waals surface area (Å²) < 4.78 is 0. The van der Waals surface area contributed by atoms with Gasteiger partial charge in [0.15, 0.2) is 0 Å². The average Bonchev–Trinajstić information content (AvgIpc) is 2.53. The van der Waals surface area contributed by atoms with Crippen LogP contribution < -0.4 is 0 Å². The van der Waals surface area contributed by atoms with Gasteiger partial charge in [0.05, 0.1) is 6.10 Å². The Hall–Kier alpha value is -0.560. The van der Waals surface area contributed by atoms with Crippen molar-refractivity contribution >= 4 is 0 Å². The van der Waals surface area contributed by atoms with Gasteiger partial charge < -0.3 is 5.11 Å². The fourth-order valence-electron chi connectivity index (χ4n) is 1.30. The fourth-order valence-corrected chi connectivity index (χ4v) is 1.30. The Balaban J connectivity index is 2.46. The van der Waals surface area contributed by atoms with Gasteiger partial charge in [0.1, 0.15) is 0 Å². The molecule has 62 valence electrons. The van der Waals surface area contributed by atoms with Crippen molar-refractivity contribution in [1.82, 2.24) is 0 Å². The molecule has 2 unspecified atom stereocenters. The van der Waals surface area contributed by atoms with Crippen molar-refractivity contribution in [3.63, 3.8) is 0 Å². The molecule has 0 heterocycles. The predicted molar refractivity (Wildman–Crippen MR) is 47.2 cm³/mol. The number of hydrogen-bond acceptors (Lipinski definition) is 1. The predicted octanol–water partition coefficient (Wildman–Crippen LogP) is 2.14. The second kappa shape index (κ2) is 3.72. The summed E-state index contributed by atoms with van der Waals surface area (Å²) in [6.07, 6.45) is 8.94. The maximum absolute atomic E-state index is 9.71. The van der Waals surface area contributed by atoms with Gasteiger partial charge in [0.25, 0.3) is 0 Å². The SMILES string of the molecule is CCC(C)C(O)C1C=CC=C1. The number of rotatable bonds is 3. The van der Waals surface area contributed by atoms with Crippen LogP contribution in [0, 0.1) is 11.8 Å². The minimum absolute atomic E-state index is 0.199. The molecule has 1 heteroatoms. The third-order valence-electron chi connectivity index (χ3n) is 2.40. The molecular weight excluding hydrogens is 136 g/mol. The molecule has 0 saturated carbocycles. The van der Waals surface area contributed by atoms with Crippen LogP contribution in [0.3, 0.4) is 0 Å². The highest BCUT2D eigenvalue weighted by molar-refractivity contribution is 5.19. The van der Waals surface area contributed by atoms with E-state index in [1.54, 1.807) is 0 Å². The molecule has 0 bridgehead atoms. The highest BCUT2D eigenvalue weighted by Gasteiger charge is 2.20. The summed E-state index contributed by atoms with van der Waals surface area (Å²) in [5, 5.41) is 9.71. The molecule has 0 radical (unpaired) electrons. The fraction of sp³-hybridized carbons (Fsp3) is 0.600. The summed E-state index contributed by atoms with van der Waals surface area (Å²) in [6, 6.07) is 0. The minimum Gasteiger partial charge on any atom is -0.392 e. The van der Waals surface area contributed by atoms with Crippen molar-refractivity contribution in [3.05, 3.63) is 24.3 Å². The van der Waals surface area contributed by atoms with Gasteiger partial charge in [-0.05, 0) is 5.92 Å². The molecule has 0 aromatic heterocycles. The molecular formula is C10H16O. The van der Waals surface area contributed by atoms with Crippen molar-refractivity contribution in [3.8, 4) is 0 Å². The van der Waals surface area contributed by atoms with Gasteiger partial charge in [-0.3, -0.25) is 0 Å². The summed E-state index contributed by atoms with van der Waals surface area (Å²) in [7, 11) is 0. The van der Waals surface area contributed by atoms with Crippen LogP contribution in [0.15, 0.2) is 24.3 Å². The van der Waals surface area contributed by atoms with Crippen molar-refractivity contribution in [1.29, 1.82) is 0 Å². The summed E-state index contributed by atoms with van der Waals surface area (Å²) in [5.74, 6) is 0.650. The molecule has 1 nitrogen and oxygen atoms in total. The third-order valence-corrected chi connectivity index (χ3v) is 2.40. The Labute approximate surface area is 68.4 Å². The van der Waals surface area contributed by atoms with Crippen LogP contribution in [0.2, 0.25) is 0 Å². The molecule has 11 heavy (non-hydrogen) atoms. The molecule has 0 spiro atoms. The lowest BCUT2D eigenvalue weighted by atomic mass is 9.91. The summed E-state index contributed by atoms with van der Waals surface area (Å²) in [4.78, 5) is 0. The first-order chi connectivity index (χ1) is 5.25. The maximum Gasteiger partial charge on any atom is 0.0662 e. The van der Waals surface area contributed by atoms with Crippen LogP contribution in [0.1, 0.15) is 20.3 Å². The molecule has 0 aliphatic heterocycles. The van der Waals surface area contributed by atoms with Crippen LogP contribution >= 0.6 is 0 Å². The standard InChI is InChI=1S/C10H16O/c1-3-8(2)10(11)9-6-4-5-7-9/h4-11H,3H2,1-2H3. The first-order valence-corrected chi connectivity index (χ1v) is 4.28. The first kappa shape index (κ1) is 8.54. The van der Waals surface area contributed by atoms with Crippen molar-refractivity contribution in [2.45, 2.75) is 26.4 Å². The Morgan fingerprint density at radius 1 is 1.36 bits per heavy atom. The van der Waals surface area contributed by atoms with Crippen LogP contribution in [0.5, 0.6) is 0 Å². The smallest absolute Gasteiger partial charge is 0.0662 e. The zero-order valence-corrected chi connectivity index (χ0v) is 7.20. The van der Waals surface area contributed by atoms with E-state index in [2.05, 4.69) is 26.0 Å². The van der Waals surface area contributed by atoms with Gasteiger partial charge in [0.2, 0.25) is 0 Å². The van der Waals surface area contributed by atoms with Crippen molar-refractivity contribution < 1.29 is 5.11 Å². The van der Waals surface area contributed by atoms with E-state index in [0.29, 0.717) is 5.92 Å². The number of hydrogen-bond donors (Lipinski definition) is 1. The van der Waals surface area contributed by atoms with E-state index in [1.165, 1.54) is 0 Å². The topological polar surface area (TPSA) is 20.2 Å². The quantitative estimate of drug-likeness (QED) is 0.657. The minimum atomic E-state index is -0.199. The van der Waals surface area contributed by atoms with Crippen molar-refractivity contribution in [2.24, 2.45) is 11.8 Å². The summed E-state index contributed by atoms with van der Waals surface area (Å²) >= 11 is 0. The number of aliphatic hydroxyl groups is 1. The Morgan fingerprint density at radius 3 is 2.36 bits per heavy atom. The zero-order valence-electron chi connectivity index (χ0n) is 7.20. The van der Waals surface area contributed by atoms with Crippen molar-refractivity contribution in [2.75, 3.05) is 0 Å². The largest absolute Gasteiger partial charge is 0.392 e. The zero-order chi connectivity index (χ0) is 8.27. The van der Waals surface area contributed by atoms with E-state index in [4.69, 9.17) is 0 Å². The van der Waals surface area contributed by atoms with Gasteiger partial charge >= 0.3 is 0 Å². The van der Waals surface area contributed by atoms with E-state index < -0.39 is 0 Å². The number of allylic oxidation sites excluding steroid dienone is 2. The molecule has 1 rings (SSSR count). The van der Waals surface area contributed by atoms with Gasteiger partial charge in [0, 0.05) is 5.92 Å². The van der Waals surface area contributed by atoms with E-state index in [-0.39, 0.29) is 12.0 Å². The molecule has 0 amide bonds.